The Hall–Kier alpha value is -2.45. The van der Waals surface area contributed by atoms with Crippen LogP contribution in [-0.2, 0) is 30.8 Å². The van der Waals surface area contributed by atoms with Crippen molar-refractivity contribution >= 4 is 5.96 Å². The van der Waals surface area contributed by atoms with Crippen LogP contribution in [0, 0.1) is 0 Å². The Kier molecular flexibility index (Phi) is 8.45. The lowest BCUT2D eigenvalue weighted by molar-refractivity contribution is 0.0342. The third-order valence-corrected chi connectivity index (χ3v) is 4.95. The number of hydrogen-bond acceptors (Lipinski definition) is 5. The SMILES string of the molecule is CCNC(=NCc1ccc(CN2CCOCC2)cc1)NCCn1cnnc1CC. The summed E-state index contributed by atoms with van der Waals surface area (Å²) in [7, 11) is 0. The van der Waals surface area contributed by atoms with Gasteiger partial charge in [-0.2, -0.15) is 0 Å². The van der Waals surface area contributed by atoms with Crippen molar-refractivity contribution in [3.05, 3.63) is 47.5 Å². The van der Waals surface area contributed by atoms with Crippen molar-refractivity contribution in [3.63, 3.8) is 0 Å². The smallest absolute Gasteiger partial charge is 0.191 e. The predicted molar refractivity (Wildman–Crippen MR) is 115 cm³/mol. The van der Waals surface area contributed by atoms with E-state index in [4.69, 9.17) is 9.73 Å². The van der Waals surface area contributed by atoms with E-state index in [1.807, 2.05) is 0 Å². The minimum atomic E-state index is 0.653. The van der Waals surface area contributed by atoms with Gasteiger partial charge >= 0.3 is 0 Å². The average molecular weight is 400 g/mol. The number of ether oxygens (including phenoxy) is 1. The van der Waals surface area contributed by atoms with Gasteiger partial charge in [-0.25, -0.2) is 4.99 Å². The number of benzene rings is 1. The maximum absolute atomic E-state index is 5.42. The summed E-state index contributed by atoms with van der Waals surface area (Å²) in [4.78, 5) is 7.15. The fourth-order valence-corrected chi connectivity index (χ4v) is 3.31. The molecule has 0 bridgehead atoms. The Morgan fingerprint density at radius 3 is 2.59 bits per heavy atom. The number of aromatic nitrogens is 3. The largest absolute Gasteiger partial charge is 0.379 e. The molecule has 158 valence electrons. The van der Waals surface area contributed by atoms with Gasteiger partial charge in [-0.3, -0.25) is 4.90 Å². The highest BCUT2D eigenvalue weighted by molar-refractivity contribution is 5.79. The zero-order valence-corrected chi connectivity index (χ0v) is 17.6. The zero-order chi connectivity index (χ0) is 20.3. The Balaban J connectivity index is 1.48. The van der Waals surface area contributed by atoms with Crippen LogP contribution in [0.2, 0.25) is 0 Å². The second-order valence-electron chi connectivity index (χ2n) is 7.12. The molecule has 2 aromatic rings. The Labute approximate surface area is 173 Å². The molecule has 2 heterocycles. The van der Waals surface area contributed by atoms with Gasteiger partial charge in [-0.1, -0.05) is 31.2 Å². The summed E-state index contributed by atoms with van der Waals surface area (Å²) in [6, 6.07) is 8.76. The maximum Gasteiger partial charge on any atom is 0.191 e. The molecule has 1 aliphatic rings. The second-order valence-corrected chi connectivity index (χ2v) is 7.12. The first-order chi connectivity index (χ1) is 14.3. The molecule has 0 atom stereocenters. The van der Waals surface area contributed by atoms with Crippen LogP contribution >= 0.6 is 0 Å². The highest BCUT2D eigenvalue weighted by atomic mass is 16.5. The van der Waals surface area contributed by atoms with E-state index in [0.717, 1.165) is 70.7 Å². The van der Waals surface area contributed by atoms with Crippen molar-refractivity contribution in [3.8, 4) is 0 Å². The van der Waals surface area contributed by atoms with E-state index in [9.17, 15) is 0 Å². The molecule has 3 rings (SSSR count). The summed E-state index contributed by atoms with van der Waals surface area (Å²) in [6.07, 6.45) is 2.67. The van der Waals surface area contributed by atoms with Crippen LogP contribution in [0.1, 0.15) is 30.8 Å². The summed E-state index contributed by atoms with van der Waals surface area (Å²) in [5.74, 6) is 1.84. The summed E-state index contributed by atoms with van der Waals surface area (Å²) in [5, 5.41) is 14.8. The molecule has 1 aromatic carbocycles. The monoisotopic (exact) mass is 399 g/mol. The van der Waals surface area contributed by atoms with Crippen LogP contribution in [0.15, 0.2) is 35.6 Å². The van der Waals surface area contributed by atoms with Crippen LogP contribution in [-0.4, -0.2) is 65.0 Å². The molecule has 8 heteroatoms. The van der Waals surface area contributed by atoms with E-state index >= 15 is 0 Å². The summed E-state index contributed by atoms with van der Waals surface area (Å²) >= 11 is 0. The summed E-state index contributed by atoms with van der Waals surface area (Å²) in [5.41, 5.74) is 2.55. The van der Waals surface area contributed by atoms with Crippen molar-refractivity contribution in [1.82, 2.24) is 30.3 Å². The van der Waals surface area contributed by atoms with Crippen molar-refractivity contribution < 1.29 is 4.74 Å². The molecule has 2 N–H and O–H groups in total. The number of nitrogens with zero attached hydrogens (tertiary/aromatic N) is 5. The molecule has 1 aliphatic heterocycles. The van der Waals surface area contributed by atoms with Gasteiger partial charge in [0.05, 0.1) is 19.8 Å². The molecule has 0 aliphatic carbocycles. The second kappa shape index (κ2) is 11.5. The Morgan fingerprint density at radius 1 is 1.10 bits per heavy atom. The lowest BCUT2D eigenvalue weighted by Gasteiger charge is -2.26. The van der Waals surface area contributed by atoms with Crippen LogP contribution < -0.4 is 10.6 Å². The first-order valence-electron chi connectivity index (χ1n) is 10.5. The van der Waals surface area contributed by atoms with Crippen LogP contribution in [0.3, 0.4) is 0 Å². The van der Waals surface area contributed by atoms with Crippen molar-refractivity contribution in [1.29, 1.82) is 0 Å². The van der Waals surface area contributed by atoms with Crippen molar-refractivity contribution in [2.45, 2.75) is 39.9 Å². The van der Waals surface area contributed by atoms with Crippen molar-refractivity contribution in [2.24, 2.45) is 4.99 Å². The Morgan fingerprint density at radius 2 is 1.86 bits per heavy atom. The third-order valence-electron chi connectivity index (χ3n) is 4.95. The fourth-order valence-electron chi connectivity index (χ4n) is 3.31. The van der Waals surface area contributed by atoms with E-state index in [-0.39, 0.29) is 0 Å². The van der Waals surface area contributed by atoms with Gasteiger partial charge in [0.15, 0.2) is 5.96 Å². The lowest BCUT2D eigenvalue weighted by atomic mass is 10.1. The number of rotatable bonds is 9. The Bertz CT molecular complexity index is 751. The van der Waals surface area contributed by atoms with Crippen LogP contribution in [0.4, 0.5) is 0 Å². The molecule has 1 aromatic heterocycles. The molecule has 0 saturated carbocycles. The standard InChI is InChI=1S/C21H33N7O/c1-3-20-26-25-17-28(20)10-9-23-21(22-4-2)24-15-18-5-7-19(8-6-18)16-27-11-13-29-14-12-27/h5-8,17H,3-4,9-16H2,1-2H3,(H2,22,23,24). The van der Waals surface area contributed by atoms with E-state index in [0.29, 0.717) is 6.54 Å². The molecule has 0 spiro atoms. The molecule has 0 amide bonds. The van der Waals surface area contributed by atoms with Gasteiger partial charge < -0.3 is 19.9 Å². The molecule has 8 nitrogen and oxygen atoms in total. The zero-order valence-electron chi connectivity index (χ0n) is 17.6. The molecular formula is C21H33N7O. The lowest BCUT2D eigenvalue weighted by Crippen LogP contribution is -2.38. The maximum atomic E-state index is 5.42. The first kappa shape index (κ1) is 21.3. The number of nitrogens with one attached hydrogen (secondary N) is 2. The van der Waals surface area contributed by atoms with Crippen LogP contribution in [0.25, 0.3) is 0 Å². The molecule has 0 radical (unpaired) electrons. The third kappa shape index (κ3) is 6.83. The van der Waals surface area contributed by atoms with Gasteiger partial charge in [-0.15, -0.1) is 10.2 Å². The minimum Gasteiger partial charge on any atom is -0.379 e. The van der Waals surface area contributed by atoms with Crippen molar-refractivity contribution in [2.75, 3.05) is 39.4 Å². The molecule has 29 heavy (non-hydrogen) atoms. The highest BCUT2D eigenvalue weighted by Crippen LogP contribution is 2.10. The topological polar surface area (TPSA) is 79.6 Å². The average Bonchev–Trinajstić information content (AvgIpc) is 3.21. The summed E-state index contributed by atoms with van der Waals surface area (Å²) < 4.78 is 7.49. The summed E-state index contributed by atoms with van der Waals surface area (Å²) in [6.45, 7) is 11.9. The predicted octanol–water partition coefficient (Wildman–Crippen LogP) is 1.43. The van der Waals surface area contributed by atoms with E-state index < -0.39 is 0 Å². The number of morpholine rings is 1. The van der Waals surface area contributed by atoms with E-state index in [1.165, 1.54) is 11.1 Å². The molecule has 0 unspecified atom stereocenters. The molecule has 1 fully saturated rings. The van der Waals surface area contributed by atoms with Gasteiger partial charge in [0.2, 0.25) is 0 Å². The molecular weight excluding hydrogens is 366 g/mol. The van der Waals surface area contributed by atoms with E-state index in [2.05, 4.69) is 68.4 Å². The number of guanidine groups is 1. The highest BCUT2D eigenvalue weighted by Gasteiger charge is 2.10. The first-order valence-corrected chi connectivity index (χ1v) is 10.5. The minimum absolute atomic E-state index is 0.653. The number of hydrogen-bond donors (Lipinski definition) is 2. The quantitative estimate of drug-likeness (QED) is 0.491. The fraction of sp³-hybridized carbons (Fsp3) is 0.571. The normalized spacial score (nSPS) is 15.4. The van der Waals surface area contributed by atoms with Gasteiger partial charge in [0.25, 0.3) is 0 Å². The van der Waals surface area contributed by atoms with E-state index in [1.54, 1.807) is 6.33 Å². The van der Waals surface area contributed by atoms with Crippen LogP contribution in [0.5, 0.6) is 0 Å². The van der Waals surface area contributed by atoms with Gasteiger partial charge in [0, 0.05) is 45.7 Å². The number of aliphatic imine (C=N–C) groups is 1. The van der Waals surface area contributed by atoms with Gasteiger partial charge in [-0.05, 0) is 18.1 Å². The van der Waals surface area contributed by atoms with Gasteiger partial charge in [0.1, 0.15) is 12.2 Å². The molecule has 1 saturated heterocycles. The number of aryl methyl sites for hydroxylation is 1.